The van der Waals surface area contributed by atoms with Crippen molar-refractivity contribution >= 4 is 121 Å². The van der Waals surface area contributed by atoms with Crippen molar-refractivity contribution in [1.29, 1.82) is 0 Å². The Bertz CT molecular complexity index is 2740. The predicted octanol–water partition coefficient (Wildman–Crippen LogP) is -1.52. The minimum Gasteiger partial charge on any atom is -0.467 e. The van der Waals surface area contributed by atoms with E-state index in [1.54, 1.807) is 13.8 Å². The van der Waals surface area contributed by atoms with Gasteiger partial charge in [0.05, 0.1) is 35.5 Å². The zero-order valence-electron chi connectivity index (χ0n) is 45.1. The molecule has 0 bridgehead atoms. The van der Waals surface area contributed by atoms with E-state index in [0.717, 1.165) is 33.5 Å². The Balaban J connectivity index is 0.000000352. The van der Waals surface area contributed by atoms with Gasteiger partial charge in [-0.05, 0) is 32.9 Å². The largest absolute Gasteiger partial charge is 0.467 e. The number of benzene rings is 1. The Morgan fingerprint density at radius 1 is 0.591 bits per heavy atom. The highest BCUT2D eigenvalue weighted by atomic mass is 32.2. The van der Waals surface area contributed by atoms with Crippen molar-refractivity contribution in [1.82, 2.24) is 0 Å². The summed E-state index contributed by atoms with van der Waals surface area (Å²) in [6.45, 7) is 3.51. The molecule has 0 saturated carbocycles. The molecule has 88 heavy (non-hydrogen) atoms. The molecule has 18 unspecified atom stereocenters. The minimum absolute atomic E-state index is 0.0354. The van der Waals surface area contributed by atoms with Gasteiger partial charge in [-0.3, -0.25) is 37.6 Å². The maximum absolute atomic E-state index is 13.1. The normalized spacial score (nSPS) is 33.2. The molecule has 49 heteroatoms. The summed E-state index contributed by atoms with van der Waals surface area (Å²) >= 11 is -14.4. The van der Waals surface area contributed by atoms with E-state index in [1.165, 1.54) is 21.1 Å². The number of carbonyl (C=O) groups excluding carboxylic acids is 7. The Kier molecular flexibility index (Phi) is 33.7. The second-order valence-corrected chi connectivity index (χ2v) is 21.1. The van der Waals surface area contributed by atoms with Gasteiger partial charge in [0.15, 0.2) is 24.3 Å². The number of ether oxygens (including phenoxy) is 7. The maximum Gasteiger partial charge on any atom is 0.419 e. The summed E-state index contributed by atoms with van der Waals surface area (Å²) in [4.78, 5) is 76.1. The van der Waals surface area contributed by atoms with Gasteiger partial charge in [-0.1, -0.05) is 5.92 Å². The number of rotatable bonds is 9. The molecular weight excluding hydrogens is 1390 g/mol. The van der Waals surface area contributed by atoms with Gasteiger partial charge in [0.25, 0.3) is 6.36 Å². The van der Waals surface area contributed by atoms with Crippen LogP contribution in [0, 0.1) is 24.0 Å². The summed E-state index contributed by atoms with van der Waals surface area (Å²) in [6.07, 6.45) is -12.1. The molecule has 502 valence electrons. The van der Waals surface area contributed by atoms with E-state index in [2.05, 4.69) is 97.6 Å². The Morgan fingerprint density at radius 3 is 1.48 bits per heavy atom. The molecule has 0 spiro atoms. The molecule has 0 radical (unpaired) electrons. The average molecular weight is 1430 g/mol. The molecule has 1 aromatic carbocycles. The van der Waals surface area contributed by atoms with Crippen LogP contribution in [-0.4, -0.2) is 206 Å². The molecule has 7 heterocycles. The van der Waals surface area contributed by atoms with Crippen LogP contribution in [0.1, 0.15) is 20.8 Å². The average Bonchev–Trinajstić information content (AvgIpc) is 3.87. The molecule has 0 aromatic heterocycles. The van der Waals surface area contributed by atoms with Crippen LogP contribution in [0.15, 0.2) is 18.2 Å². The summed E-state index contributed by atoms with van der Waals surface area (Å²) in [7, 11) is 5.42. The van der Waals surface area contributed by atoms with Gasteiger partial charge in [-0.25, -0.2) is 67.6 Å². The lowest BCUT2D eigenvalue weighted by molar-refractivity contribution is -0.206. The van der Waals surface area contributed by atoms with Crippen molar-refractivity contribution in [3.63, 3.8) is 0 Å². The first-order valence-electron chi connectivity index (χ1n) is 22.4. The fourth-order valence-corrected chi connectivity index (χ4v) is 10.2. The monoisotopic (exact) mass is 1430 g/mol. The van der Waals surface area contributed by atoms with Crippen LogP contribution in [0.5, 0.6) is 5.75 Å². The number of terminal acetylenes is 1. The number of hydrogen-bond acceptors (Lipinski definition) is 35. The van der Waals surface area contributed by atoms with Crippen molar-refractivity contribution in [2.24, 2.45) is 0 Å². The molecule has 35 nitrogen and oxygen atoms in total. The van der Waals surface area contributed by atoms with E-state index in [9.17, 15) is 93.8 Å². The number of halogens is 7. The molecular formula is C39H45F7O35S7. The lowest BCUT2D eigenvalue weighted by Gasteiger charge is -2.15. The molecule has 7 aliphatic rings. The standard InChI is InChI=1S/C9H6F2O5S.C7H8O5S.C5H5F3O5S.2C5H8O5S.2C4H5FO5S/c10-5-1-2-7(6(11)3-5)15-9(12)8-4-14-17(13)16-8;1-3-4-10-7(8)6-5(2)11-13(9)12-6;1-11-4(9)2-3(5(6,7)8)13-14(10)12-2;1-5(4(6)8-2)3-9-11(7)10-5;1-3-4(5(6)8-2)10-11(7)9-3;1-8-3(6)4(5)2-9-11(7)10-4;1-8-4(6)2-3(5)10-11(7)9-2/h1-3,8H,4H2;1,5-6H,4H2,2H3;2-3H,1H3;3H2,1-2H3;3-4H,1-2H3;2H2,1H3;2-3H,1H3. The molecule has 0 amide bonds. The number of esters is 7. The van der Waals surface area contributed by atoms with E-state index in [-0.39, 0.29) is 19.8 Å². The quantitative estimate of drug-likeness (QED) is 0.0890. The number of hydrogen-bond donors (Lipinski definition) is 0. The molecule has 8 rings (SSSR count). The SMILES string of the molecule is C#CCOC(=O)C1OS(=O)OC1C.COC(=O)C1(C)COS(=O)O1.COC(=O)C1(F)COS(=O)O1.COC(=O)C1OS(=O)OC1C.COC(=O)C1OS(=O)OC1C(F)(F)F.COC(=O)C1OS(=O)OC1F.O=C(Oc1ccc(F)cc1F)C1COS(=O)O1. The van der Waals surface area contributed by atoms with Crippen molar-refractivity contribution in [3.8, 4) is 18.1 Å². The van der Waals surface area contributed by atoms with Crippen molar-refractivity contribution in [2.45, 2.75) is 93.6 Å². The van der Waals surface area contributed by atoms with Gasteiger partial charge in [-0.15, -0.1) is 6.42 Å². The fraction of sp³-hybridized carbons (Fsp3) is 0.615. The second-order valence-electron chi connectivity index (χ2n) is 15.5. The zero-order chi connectivity index (χ0) is 67.0. The lowest BCUT2D eigenvalue weighted by atomic mass is 10.1. The van der Waals surface area contributed by atoms with Crippen molar-refractivity contribution < 1.29 is 185 Å². The molecule has 7 saturated heterocycles. The molecule has 0 N–H and O–H groups in total. The summed E-state index contributed by atoms with van der Waals surface area (Å²) < 4.78 is 252. The molecule has 7 fully saturated rings. The Labute approximate surface area is 508 Å². The van der Waals surface area contributed by atoms with Gasteiger partial charge in [0, 0.05) is 6.07 Å². The van der Waals surface area contributed by atoms with Crippen LogP contribution in [0.3, 0.4) is 0 Å². The van der Waals surface area contributed by atoms with Crippen molar-refractivity contribution in [2.75, 3.05) is 62.0 Å². The third-order valence-corrected chi connectivity index (χ3v) is 14.6. The van der Waals surface area contributed by atoms with Crippen LogP contribution in [0.25, 0.3) is 0 Å². The molecule has 1 aromatic rings. The van der Waals surface area contributed by atoms with Crippen LogP contribution in [0.4, 0.5) is 30.7 Å². The summed E-state index contributed by atoms with van der Waals surface area (Å²) in [5.74, 6) is -9.04. The fourth-order valence-electron chi connectivity index (χ4n) is 5.13. The molecule has 18 atom stereocenters. The van der Waals surface area contributed by atoms with E-state index in [0.29, 0.717) is 6.07 Å². The number of methoxy groups -OCH3 is 5. The van der Waals surface area contributed by atoms with Gasteiger partial charge < -0.3 is 33.2 Å². The van der Waals surface area contributed by atoms with Gasteiger partial charge >= 0.3 is 133 Å². The predicted molar refractivity (Wildman–Crippen MR) is 263 cm³/mol. The minimum atomic E-state index is -4.83. The highest BCUT2D eigenvalue weighted by molar-refractivity contribution is 7.76. The number of carbonyl (C=O) groups is 7. The second kappa shape index (κ2) is 37.4. The third-order valence-electron chi connectivity index (χ3n) is 9.27. The van der Waals surface area contributed by atoms with Gasteiger partial charge in [0.2, 0.25) is 36.1 Å². The van der Waals surface area contributed by atoms with Crippen LogP contribution in [0.2, 0.25) is 0 Å². The summed E-state index contributed by atoms with van der Waals surface area (Å²) in [5, 5.41) is 0. The molecule has 7 aliphatic heterocycles. The smallest absolute Gasteiger partial charge is 0.419 e. The Hall–Kier alpha value is -4.93. The van der Waals surface area contributed by atoms with E-state index < -0.39 is 218 Å². The van der Waals surface area contributed by atoms with Gasteiger partial charge in [0.1, 0.15) is 37.8 Å². The maximum atomic E-state index is 13.1. The first-order chi connectivity index (χ1) is 41.0. The third kappa shape index (κ3) is 25.4. The Morgan fingerprint density at radius 2 is 1.07 bits per heavy atom. The first kappa shape index (κ1) is 79.2. The topological polar surface area (TPSA) is 433 Å². The van der Waals surface area contributed by atoms with E-state index >= 15 is 0 Å². The van der Waals surface area contributed by atoms with Crippen molar-refractivity contribution in [3.05, 3.63) is 29.8 Å². The van der Waals surface area contributed by atoms with Crippen LogP contribution in [-0.2, 0) is 200 Å². The zero-order valence-corrected chi connectivity index (χ0v) is 50.8. The van der Waals surface area contributed by atoms with Gasteiger partial charge in [-0.2, -0.15) is 47.0 Å². The number of alkyl halides is 5. The highest BCUT2D eigenvalue weighted by Crippen LogP contribution is 2.33. The molecule has 0 aliphatic carbocycles. The highest BCUT2D eigenvalue weighted by Gasteiger charge is 2.57. The van der Waals surface area contributed by atoms with E-state index in [1.807, 2.05) is 0 Å². The van der Waals surface area contributed by atoms with Crippen LogP contribution >= 0.6 is 0 Å². The summed E-state index contributed by atoms with van der Waals surface area (Å²) in [5.41, 5.74) is -1.21. The summed E-state index contributed by atoms with van der Waals surface area (Å²) in [6, 6.07) is 2.48. The van der Waals surface area contributed by atoms with Crippen LogP contribution < -0.4 is 4.74 Å². The lowest BCUT2D eigenvalue weighted by Crippen LogP contribution is -2.42. The van der Waals surface area contributed by atoms with E-state index in [4.69, 9.17) is 6.42 Å². The first-order valence-corrected chi connectivity index (χ1v) is 29.4.